The van der Waals surface area contributed by atoms with Crippen LogP contribution in [0.1, 0.15) is 48.2 Å². The Labute approximate surface area is 200 Å². The molecule has 0 heterocycles. The molecule has 0 aliphatic carbocycles. The van der Waals surface area contributed by atoms with Gasteiger partial charge >= 0.3 is 0 Å². The van der Waals surface area contributed by atoms with Crippen molar-refractivity contribution in [3.8, 4) is 5.75 Å². The molecular weight excluding hydrogens is 458 g/mol. The van der Waals surface area contributed by atoms with Crippen molar-refractivity contribution in [1.29, 1.82) is 0 Å². The number of anilines is 2. The molecule has 0 aliphatic rings. The first kappa shape index (κ1) is 27.0. The number of hydrogen-bond donors (Lipinski definition) is 2. The van der Waals surface area contributed by atoms with Gasteiger partial charge in [0.05, 0.1) is 10.5 Å². The van der Waals surface area contributed by atoms with Gasteiger partial charge in [-0.05, 0) is 68.7 Å². The highest BCUT2D eigenvalue weighted by atomic mass is 32.2. The Hall–Kier alpha value is -3.24. The summed E-state index contributed by atoms with van der Waals surface area (Å²) >= 11 is 0. The van der Waals surface area contributed by atoms with Crippen molar-refractivity contribution in [3.63, 3.8) is 0 Å². The highest BCUT2D eigenvalue weighted by Gasteiger charge is 2.20. The molecule has 0 fully saturated rings. The Morgan fingerprint density at radius 1 is 1.00 bits per heavy atom. The van der Waals surface area contributed by atoms with Crippen LogP contribution in [-0.4, -0.2) is 51.0 Å². The van der Waals surface area contributed by atoms with E-state index in [1.165, 1.54) is 39.2 Å². The van der Waals surface area contributed by atoms with Crippen LogP contribution in [0.5, 0.6) is 5.75 Å². The van der Waals surface area contributed by atoms with Crippen molar-refractivity contribution in [2.75, 3.05) is 31.3 Å². The summed E-state index contributed by atoms with van der Waals surface area (Å²) in [4.78, 5) is 36.5. The monoisotopic (exact) mass is 489 g/mol. The van der Waals surface area contributed by atoms with Crippen molar-refractivity contribution >= 4 is 39.0 Å². The minimum atomic E-state index is -3.68. The van der Waals surface area contributed by atoms with E-state index in [9.17, 15) is 22.8 Å². The van der Waals surface area contributed by atoms with Gasteiger partial charge < -0.3 is 15.4 Å². The van der Waals surface area contributed by atoms with E-state index < -0.39 is 22.5 Å². The lowest BCUT2D eigenvalue weighted by atomic mass is 10.1. The van der Waals surface area contributed by atoms with Gasteiger partial charge in [-0.1, -0.05) is 6.92 Å². The minimum absolute atomic E-state index is 0.0661. The average molecular weight is 490 g/mol. The molecule has 0 unspecified atom stereocenters. The summed E-state index contributed by atoms with van der Waals surface area (Å²) in [6, 6.07) is 7.58. The molecule has 0 atom stereocenters. The van der Waals surface area contributed by atoms with Crippen molar-refractivity contribution < 1.29 is 27.5 Å². The molecule has 0 saturated carbocycles. The first-order chi connectivity index (χ1) is 15.9. The van der Waals surface area contributed by atoms with E-state index in [4.69, 9.17) is 4.74 Å². The molecule has 2 N–H and O–H groups in total. The lowest BCUT2D eigenvalue weighted by molar-refractivity contribution is -0.118. The molecule has 0 bridgehead atoms. The summed E-state index contributed by atoms with van der Waals surface area (Å²) < 4.78 is 31.7. The van der Waals surface area contributed by atoms with Gasteiger partial charge in [-0.3, -0.25) is 14.4 Å². The summed E-state index contributed by atoms with van der Waals surface area (Å²) in [6.45, 7) is 6.39. The number of Topliss-reactive ketones (excluding diaryl/α,β-unsaturated/α-hetero) is 1. The molecule has 0 aromatic heterocycles. The molecule has 0 saturated heterocycles. The van der Waals surface area contributed by atoms with Crippen LogP contribution in [0.4, 0.5) is 11.4 Å². The molecule has 9 nitrogen and oxygen atoms in total. The first-order valence-corrected chi connectivity index (χ1v) is 12.2. The average Bonchev–Trinajstić information content (AvgIpc) is 2.75. The van der Waals surface area contributed by atoms with E-state index in [1.54, 1.807) is 26.0 Å². The highest BCUT2D eigenvalue weighted by Crippen LogP contribution is 2.26. The van der Waals surface area contributed by atoms with E-state index in [0.29, 0.717) is 29.8 Å². The van der Waals surface area contributed by atoms with Gasteiger partial charge in [0, 0.05) is 31.9 Å². The number of benzene rings is 2. The highest BCUT2D eigenvalue weighted by molar-refractivity contribution is 7.89. The first-order valence-electron chi connectivity index (χ1n) is 10.8. The number of sulfonamides is 1. The molecule has 0 radical (unpaired) electrons. The normalized spacial score (nSPS) is 11.3. The van der Waals surface area contributed by atoms with Gasteiger partial charge in [0.15, 0.2) is 12.4 Å². The number of ether oxygens (including phenoxy) is 1. The predicted octanol–water partition coefficient (Wildman–Crippen LogP) is 3.51. The van der Waals surface area contributed by atoms with Crippen LogP contribution in [0.3, 0.4) is 0 Å². The summed E-state index contributed by atoms with van der Waals surface area (Å²) in [5.41, 5.74) is 2.48. The Bertz CT molecular complexity index is 1210. The second-order valence-corrected chi connectivity index (χ2v) is 10.3. The van der Waals surface area contributed by atoms with Gasteiger partial charge in [0.1, 0.15) is 5.75 Å². The van der Waals surface area contributed by atoms with Crippen LogP contribution in [-0.2, 0) is 19.6 Å². The number of aryl methyl sites for hydroxylation is 1. The lowest BCUT2D eigenvalue weighted by Gasteiger charge is -2.17. The second kappa shape index (κ2) is 11.3. The third-order valence-corrected chi connectivity index (χ3v) is 6.96. The maximum atomic E-state index is 12.6. The Morgan fingerprint density at radius 2 is 1.68 bits per heavy atom. The number of carbonyl (C=O) groups excluding carboxylic acids is 3. The van der Waals surface area contributed by atoms with Gasteiger partial charge in [0.25, 0.3) is 5.91 Å². The maximum absolute atomic E-state index is 12.6. The van der Waals surface area contributed by atoms with Gasteiger partial charge in [-0.2, -0.15) is 0 Å². The molecule has 2 aromatic carbocycles. The zero-order valence-corrected chi connectivity index (χ0v) is 21.1. The fraction of sp³-hybridized carbons (Fsp3) is 0.375. The number of hydrogen-bond acceptors (Lipinski definition) is 6. The topological polar surface area (TPSA) is 122 Å². The molecule has 2 amide bonds. The standard InChI is InChI=1S/C24H31N3O6S/c1-7-8-23(29)25-18-9-10-22(20(12-18)17(4)28)33-14-24(30)26-21-13-19(11-15(2)16(21)3)34(31,32)27(5)6/h9-13H,7-8,14H2,1-6H3,(H,25,29)(H,26,30). The number of nitrogens with one attached hydrogen (secondary N) is 2. The number of carbonyl (C=O) groups is 3. The van der Waals surface area contributed by atoms with E-state index in [0.717, 1.165) is 9.87 Å². The van der Waals surface area contributed by atoms with Crippen molar-refractivity contribution in [2.45, 2.75) is 45.4 Å². The zero-order valence-electron chi connectivity index (χ0n) is 20.3. The van der Waals surface area contributed by atoms with E-state index >= 15 is 0 Å². The van der Waals surface area contributed by atoms with Crippen LogP contribution in [0.25, 0.3) is 0 Å². The number of rotatable bonds is 10. The fourth-order valence-electron chi connectivity index (χ4n) is 3.10. The van der Waals surface area contributed by atoms with Gasteiger partial charge in [0.2, 0.25) is 15.9 Å². The second-order valence-electron chi connectivity index (χ2n) is 8.10. The van der Waals surface area contributed by atoms with Crippen molar-refractivity contribution in [2.24, 2.45) is 0 Å². The third kappa shape index (κ3) is 6.64. The molecular formula is C24H31N3O6S. The van der Waals surface area contributed by atoms with Crippen LogP contribution in [0.2, 0.25) is 0 Å². The van der Waals surface area contributed by atoms with E-state index in [2.05, 4.69) is 10.6 Å². The number of ketones is 1. The molecule has 0 spiro atoms. The fourth-order valence-corrected chi connectivity index (χ4v) is 4.12. The van der Waals surface area contributed by atoms with Crippen LogP contribution >= 0.6 is 0 Å². The van der Waals surface area contributed by atoms with Crippen molar-refractivity contribution in [1.82, 2.24) is 4.31 Å². The van der Waals surface area contributed by atoms with Crippen LogP contribution < -0.4 is 15.4 Å². The smallest absolute Gasteiger partial charge is 0.262 e. The zero-order chi connectivity index (χ0) is 25.6. The molecule has 34 heavy (non-hydrogen) atoms. The lowest BCUT2D eigenvalue weighted by Crippen LogP contribution is -2.24. The van der Waals surface area contributed by atoms with Gasteiger partial charge in [-0.25, -0.2) is 12.7 Å². The Kier molecular flexibility index (Phi) is 8.94. The number of amides is 2. The van der Waals surface area contributed by atoms with E-state index in [1.807, 2.05) is 6.92 Å². The van der Waals surface area contributed by atoms with E-state index in [-0.39, 0.29) is 27.9 Å². The molecule has 2 rings (SSSR count). The maximum Gasteiger partial charge on any atom is 0.262 e. The quantitative estimate of drug-likeness (QED) is 0.493. The van der Waals surface area contributed by atoms with Gasteiger partial charge in [-0.15, -0.1) is 0 Å². The van der Waals surface area contributed by atoms with Crippen LogP contribution in [0.15, 0.2) is 35.2 Å². The summed E-state index contributed by atoms with van der Waals surface area (Å²) in [5.74, 6) is -0.756. The SMILES string of the molecule is CCCC(=O)Nc1ccc(OCC(=O)Nc2cc(S(=O)(=O)N(C)C)cc(C)c2C)c(C(C)=O)c1. The minimum Gasteiger partial charge on any atom is -0.483 e. The summed E-state index contributed by atoms with van der Waals surface area (Å²) in [5, 5.41) is 5.41. The molecule has 10 heteroatoms. The third-order valence-electron chi connectivity index (χ3n) is 5.17. The molecule has 2 aromatic rings. The number of nitrogens with zero attached hydrogens (tertiary/aromatic N) is 1. The Morgan fingerprint density at radius 3 is 2.26 bits per heavy atom. The van der Waals surface area contributed by atoms with Crippen LogP contribution in [0, 0.1) is 13.8 Å². The summed E-state index contributed by atoms with van der Waals surface area (Å²) in [7, 11) is -0.810. The predicted molar refractivity (Wildman–Crippen MR) is 131 cm³/mol. The summed E-state index contributed by atoms with van der Waals surface area (Å²) in [6.07, 6.45) is 1.06. The molecule has 184 valence electrons. The Balaban J connectivity index is 2.18. The largest absolute Gasteiger partial charge is 0.483 e. The molecule has 0 aliphatic heterocycles. The van der Waals surface area contributed by atoms with Crippen molar-refractivity contribution in [3.05, 3.63) is 47.0 Å².